The number of aryl methyl sites for hydroxylation is 1. The maximum absolute atomic E-state index is 4.06. The summed E-state index contributed by atoms with van der Waals surface area (Å²) in [7, 11) is 0. The molecule has 0 amide bonds. The summed E-state index contributed by atoms with van der Waals surface area (Å²) in [5.41, 5.74) is 1.42. The minimum absolute atomic E-state index is 0.886. The van der Waals surface area contributed by atoms with Crippen molar-refractivity contribution in [2.24, 2.45) is 0 Å². The number of nitrogens with zero attached hydrogens (tertiary/aromatic N) is 2. The van der Waals surface area contributed by atoms with Crippen LogP contribution >= 0.6 is 23.1 Å². The van der Waals surface area contributed by atoms with Crippen LogP contribution in [0, 0.1) is 0 Å². The maximum Gasteiger partial charge on any atom is 0.183 e. The van der Waals surface area contributed by atoms with Gasteiger partial charge < -0.3 is 0 Å². The fraction of sp³-hybridized carbons (Fsp3) is 0.333. The lowest BCUT2D eigenvalue weighted by Gasteiger charge is -1.92. The Bertz CT molecular complexity index is 380. The number of aromatic amines is 1. The van der Waals surface area contributed by atoms with Crippen molar-refractivity contribution in [2.75, 3.05) is 0 Å². The number of rotatable bonds is 4. The second kappa shape index (κ2) is 4.61. The summed E-state index contributed by atoms with van der Waals surface area (Å²) in [5.74, 6) is 0.972. The first-order valence-electron chi connectivity index (χ1n) is 4.43. The van der Waals surface area contributed by atoms with Gasteiger partial charge in [0, 0.05) is 10.6 Å². The monoisotopic (exact) mass is 225 g/mol. The molecule has 2 aromatic rings. The Morgan fingerprint density at radius 2 is 2.50 bits per heavy atom. The smallest absolute Gasteiger partial charge is 0.183 e. The fourth-order valence-corrected chi connectivity index (χ4v) is 2.90. The van der Waals surface area contributed by atoms with Crippen LogP contribution in [0.25, 0.3) is 0 Å². The molecule has 5 heteroatoms. The second-order valence-electron chi connectivity index (χ2n) is 2.85. The third-order valence-electron chi connectivity index (χ3n) is 1.86. The highest BCUT2D eigenvalue weighted by Crippen LogP contribution is 2.23. The van der Waals surface area contributed by atoms with Gasteiger partial charge in [-0.1, -0.05) is 18.7 Å². The van der Waals surface area contributed by atoms with Crippen LogP contribution in [0.5, 0.6) is 0 Å². The summed E-state index contributed by atoms with van der Waals surface area (Å²) >= 11 is 3.50. The number of H-pyrrole nitrogens is 1. The molecule has 0 saturated heterocycles. The molecule has 0 saturated carbocycles. The zero-order chi connectivity index (χ0) is 9.80. The quantitative estimate of drug-likeness (QED) is 0.813. The minimum atomic E-state index is 0.886. The van der Waals surface area contributed by atoms with E-state index in [1.807, 2.05) is 11.3 Å². The van der Waals surface area contributed by atoms with Gasteiger partial charge in [0.25, 0.3) is 0 Å². The van der Waals surface area contributed by atoms with Crippen molar-refractivity contribution < 1.29 is 0 Å². The van der Waals surface area contributed by atoms with E-state index in [0.717, 1.165) is 17.3 Å². The SMILES string of the molecule is CCc1csc(CSc2ncn[nH]2)c1. The van der Waals surface area contributed by atoms with Gasteiger partial charge in [0.2, 0.25) is 0 Å². The Morgan fingerprint density at radius 3 is 3.14 bits per heavy atom. The van der Waals surface area contributed by atoms with Gasteiger partial charge in [0.1, 0.15) is 6.33 Å². The lowest BCUT2D eigenvalue weighted by molar-refractivity contribution is 0.973. The molecule has 1 N–H and O–H groups in total. The molecule has 0 aromatic carbocycles. The number of hydrogen-bond donors (Lipinski definition) is 1. The fourth-order valence-electron chi connectivity index (χ4n) is 1.09. The Kier molecular flexibility index (Phi) is 3.21. The number of aromatic nitrogens is 3. The summed E-state index contributed by atoms with van der Waals surface area (Å²) in [6.07, 6.45) is 2.65. The summed E-state index contributed by atoms with van der Waals surface area (Å²) in [6.45, 7) is 2.18. The van der Waals surface area contributed by atoms with Gasteiger partial charge in [-0.05, 0) is 23.4 Å². The Labute approximate surface area is 91.0 Å². The first-order valence-corrected chi connectivity index (χ1v) is 6.29. The molecule has 0 unspecified atom stereocenters. The molecule has 0 aliphatic heterocycles. The molecular formula is C9H11N3S2. The van der Waals surface area contributed by atoms with Crippen molar-refractivity contribution >= 4 is 23.1 Å². The second-order valence-corrected chi connectivity index (χ2v) is 4.81. The molecule has 3 nitrogen and oxygen atoms in total. The van der Waals surface area contributed by atoms with Crippen molar-refractivity contribution in [3.63, 3.8) is 0 Å². The third-order valence-corrected chi connectivity index (χ3v) is 3.95. The molecule has 0 aliphatic rings. The molecule has 2 heterocycles. The third kappa shape index (κ3) is 2.36. The average molecular weight is 225 g/mol. The Balaban J connectivity index is 1.92. The highest BCUT2D eigenvalue weighted by Gasteiger charge is 2.01. The van der Waals surface area contributed by atoms with Crippen LogP contribution in [0.3, 0.4) is 0 Å². The number of nitrogens with one attached hydrogen (secondary N) is 1. The molecule has 0 fully saturated rings. The highest BCUT2D eigenvalue weighted by atomic mass is 32.2. The van der Waals surface area contributed by atoms with Crippen LogP contribution in [0.1, 0.15) is 17.4 Å². The molecule has 0 aliphatic carbocycles. The van der Waals surface area contributed by atoms with E-state index in [0.29, 0.717) is 0 Å². The molecule has 0 radical (unpaired) electrons. The van der Waals surface area contributed by atoms with Crippen LogP contribution in [-0.2, 0) is 12.2 Å². The van der Waals surface area contributed by atoms with Gasteiger partial charge in [-0.25, -0.2) is 4.98 Å². The molecule has 74 valence electrons. The maximum atomic E-state index is 4.06. The summed E-state index contributed by atoms with van der Waals surface area (Å²) in [5, 5.41) is 9.74. The van der Waals surface area contributed by atoms with Gasteiger partial charge in [0.15, 0.2) is 5.16 Å². The Hall–Kier alpha value is -0.810. The minimum Gasteiger partial charge on any atom is -0.254 e. The zero-order valence-electron chi connectivity index (χ0n) is 7.86. The van der Waals surface area contributed by atoms with Crippen molar-refractivity contribution in [2.45, 2.75) is 24.3 Å². The van der Waals surface area contributed by atoms with Crippen molar-refractivity contribution in [3.8, 4) is 0 Å². The largest absolute Gasteiger partial charge is 0.254 e. The summed E-state index contributed by atoms with van der Waals surface area (Å²) in [4.78, 5) is 5.45. The zero-order valence-corrected chi connectivity index (χ0v) is 9.49. The molecular weight excluding hydrogens is 214 g/mol. The molecule has 0 atom stereocenters. The lowest BCUT2D eigenvalue weighted by atomic mass is 10.2. The normalized spacial score (nSPS) is 10.6. The van der Waals surface area contributed by atoms with Crippen molar-refractivity contribution in [1.29, 1.82) is 0 Å². The van der Waals surface area contributed by atoms with Crippen molar-refractivity contribution in [1.82, 2.24) is 15.2 Å². The first-order chi connectivity index (χ1) is 6.88. The van der Waals surface area contributed by atoms with E-state index < -0.39 is 0 Å². The number of hydrogen-bond acceptors (Lipinski definition) is 4. The molecule has 14 heavy (non-hydrogen) atoms. The number of thiophene rings is 1. The van der Waals surface area contributed by atoms with Gasteiger partial charge in [-0.3, -0.25) is 5.10 Å². The predicted octanol–water partition coefficient (Wildman–Crippen LogP) is 2.72. The summed E-state index contributed by atoms with van der Waals surface area (Å²) < 4.78 is 0. The van der Waals surface area contributed by atoms with E-state index in [9.17, 15) is 0 Å². The Morgan fingerprint density at radius 1 is 1.57 bits per heavy atom. The van der Waals surface area contributed by atoms with Gasteiger partial charge >= 0.3 is 0 Å². The van der Waals surface area contributed by atoms with E-state index in [-0.39, 0.29) is 0 Å². The predicted molar refractivity (Wildman–Crippen MR) is 59.6 cm³/mol. The van der Waals surface area contributed by atoms with Gasteiger partial charge in [-0.15, -0.1) is 11.3 Å². The first kappa shape index (κ1) is 9.73. The van der Waals surface area contributed by atoms with E-state index in [2.05, 4.69) is 33.6 Å². The van der Waals surface area contributed by atoms with Gasteiger partial charge in [0.05, 0.1) is 0 Å². The molecule has 2 rings (SSSR count). The molecule has 0 spiro atoms. The van der Waals surface area contributed by atoms with Crippen LogP contribution in [0.15, 0.2) is 22.9 Å². The van der Waals surface area contributed by atoms with Crippen LogP contribution < -0.4 is 0 Å². The van der Waals surface area contributed by atoms with E-state index in [4.69, 9.17) is 0 Å². The molecule has 0 bridgehead atoms. The van der Waals surface area contributed by atoms with E-state index in [1.165, 1.54) is 16.8 Å². The van der Waals surface area contributed by atoms with Crippen LogP contribution in [0.4, 0.5) is 0 Å². The van der Waals surface area contributed by atoms with E-state index in [1.54, 1.807) is 11.8 Å². The van der Waals surface area contributed by atoms with Crippen LogP contribution in [-0.4, -0.2) is 15.2 Å². The topological polar surface area (TPSA) is 41.6 Å². The average Bonchev–Trinajstić information content (AvgIpc) is 2.86. The van der Waals surface area contributed by atoms with Crippen molar-refractivity contribution in [3.05, 3.63) is 28.2 Å². The molecule has 2 aromatic heterocycles. The van der Waals surface area contributed by atoms with Crippen LogP contribution in [0.2, 0.25) is 0 Å². The standard InChI is InChI=1S/C9H11N3S2/c1-2-7-3-8(13-4-7)5-14-9-10-6-11-12-9/h3-4,6H,2,5H2,1H3,(H,10,11,12). The lowest BCUT2D eigenvalue weighted by Crippen LogP contribution is -1.77. The summed E-state index contributed by atoms with van der Waals surface area (Å²) in [6, 6.07) is 2.26. The number of thioether (sulfide) groups is 1. The highest BCUT2D eigenvalue weighted by molar-refractivity contribution is 7.98. The van der Waals surface area contributed by atoms with E-state index >= 15 is 0 Å². The van der Waals surface area contributed by atoms with Gasteiger partial charge in [-0.2, -0.15) is 5.10 Å².